The first-order valence-corrected chi connectivity index (χ1v) is 16.0. The molecule has 8 aromatic carbocycles. The number of para-hydroxylation sites is 1. The minimum Gasteiger partial charge on any atom is -0.456 e. The molecule has 0 bridgehead atoms. The molecule has 11 rings (SSSR count). The summed E-state index contributed by atoms with van der Waals surface area (Å²) >= 11 is 0. The van der Waals surface area contributed by atoms with Gasteiger partial charge in [0.25, 0.3) is 0 Å². The van der Waals surface area contributed by atoms with Gasteiger partial charge in [0.2, 0.25) is 0 Å². The quantitative estimate of drug-likeness (QED) is 0.185. The maximum atomic E-state index is 10.3. The average Bonchev–Trinajstić information content (AvgIpc) is 3.93. The van der Waals surface area contributed by atoms with Gasteiger partial charge in [0.1, 0.15) is 11.2 Å². The van der Waals surface area contributed by atoms with Gasteiger partial charge < -0.3 is 8.98 Å². The Bertz CT molecular complexity index is 4030. The fourth-order valence-corrected chi connectivity index (χ4v) is 6.62. The lowest BCUT2D eigenvalue weighted by Crippen LogP contribution is -2.01. The van der Waals surface area contributed by atoms with Crippen molar-refractivity contribution < 1.29 is 29.1 Å². The van der Waals surface area contributed by atoms with Crippen molar-refractivity contribution in [1.82, 2.24) is 19.5 Å². The molecule has 52 heavy (non-hydrogen) atoms. The molecule has 0 aliphatic carbocycles. The molecule has 3 aromatic heterocycles. The molecular formula is C47H28N4O. The van der Waals surface area contributed by atoms with Crippen LogP contribution in [0.3, 0.4) is 0 Å². The van der Waals surface area contributed by atoms with E-state index in [4.69, 9.17) is 33.1 Å². The second-order valence-corrected chi connectivity index (χ2v) is 11.8. The third-order valence-corrected chi connectivity index (χ3v) is 8.86. The van der Waals surface area contributed by atoms with Crippen molar-refractivity contribution in [3.05, 3.63) is 169 Å². The van der Waals surface area contributed by atoms with Crippen LogP contribution in [0.5, 0.6) is 0 Å². The Morgan fingerprint density at radius 1 is 0.462 bits per heavy atom. The van der Waals surface area contributed by atoms with Gasteiger partial charge in [-0.25, -0.2) is 15.0 Å². The molecule has 0 spiro atoms. The first-order chi connectivity index (χ1) is 33.3. The monoisotopic (exact) mass is 682 g/mol. The first kappa shape index (κ1) is 16.3. The second kappa shape index (κ2) is 11.2. The van der Waals surface area contributed by atoms with E-state index in [1.54, 1.807) is 60.7 Å². The van der Waals surface area contributed by atoms with E-state index in [1.165, 1.54) is 0 Å². The molecule has 0 saturated heterocycles. The van der Waals surface area contributed by atoms with Gasteiger partial charge in [0.15, 0.2) is 17.5 Å². The summed E-state index contributed by atoms with van der Waals surface area (Å²) in [6.07, 6.45) is 0. The minimum absolute atomic E-state index is 0.0980. The zero-order valence-corrected chi connectivity index (χ0v) is 26.5. The molecule has 0 amide bonds. The minimum atomic E-state index is -0.766. The highest BCUT2D eigenvalue weighted by Crippen LogP contribution is 2.43. The topological polar surface area (TPSA) is 56.7 Å². The number of rotatable bonds is 4. The molecule has 0 saturated carbocycles. The van der Waals surface area contributed by atoms with Gasteiger partial charge in [-0.2, -0.15) is 0 Å². The molecule has 0 unspecified atom stereocenters. The average molecular weight is 683 g/mol. The van der Waals surface area contributed by atoms with Crippen molar-refractivity contribution >= 4 is 65.3 Å². The highest BCUT2D eigenvalue weighted by Gasteiger charge is 2.22. The van der Waals surface area contributed by atoms with Gasteiger partial charge in [0, 0.05) is 44.3 Å². The van der Waals surface area contributed by atoms with E-state index < -0.39 is 147 Å². The van der Waals surface area contributed by atoms with Crippen LogP contribution in [-0.4, -0.2) is 19.5 Å². The largest absolute Gasteiger partial charge is 0.456 e. The summed E-state index contributed by atoms with van der Waals surface area (Å²) in [6, 6.07) is 4.60. The van der Waals surface area contributed by atoms with Crippen LogP contribution in [0.4, 0.5) is 0 Å². The molecule has 0 aliphatic rings. The standard InChI is InChI=1S/C47H28N4O/c1-3-15-31(16-4-1)45-48-46(32-17-5-2-6-18-32)50-47(49-45)37-27-33(28-41-42(37)36-21-11-12-22-40(36)52-41)51-38-25-23-29-13-7-9-19-34(29)43(38)44-35-20-10-8-14-30(35)24-26-39(44)51/h1-28H/i7D,8D,9D,10D,11D,12D,13D,14D,19D,20D,21D,22D,23D,24D,25D,26D,27D,28D. The highest BCUT2D eigenvalue weighted by molar-refractivity contribution is 6.28. The fourth-order valence-electron chi connectivity index (χ4n) is 6.62. The molecule has 0 atom stereocenters. The molecule has 11 aromatic rings. The van der Waals surface area contributed by atoms with Gasteiger partial charge in [-0.1, -0.05) is 139 Å². The van der Waals surface area contributed by atoms with Crippen LogP contribution >= 0.6 is 0 Å². The van der Waals surface area contributed by atoms with Crippen molar-refractivity contribution in [2.24, 2.45) is 0 Å². The Kier molecular flexibility index (Phi) is 3.51. The van der Waals surface area contributed by atoms with Crippen molar-refractivity contribution in [3.63, 3.8) is 0 Å². The number of fused-ring (bicyclic) bond motifs is 10. The van der Waals surface area contributed by atoms with Crippen LogP contribution in [0.15, 0.2) is 174 Å². The van der Waals surface area contributed by atoms with E-state index in [-0.39, 0.29) is 55.4 Å². The SMILES string of the molecule is [2H]c1c([2H])c([2H])c2c(oc3c([2H])c(-n4c5c([2H])c([2H])c6c([2H])c([2H])c([2H])c([2H])c6c5c5c6c([2H])c([2H])c([2H])c([2H])c6c([2H])c([2H])c54)c([2H])c(-c4nc(-c5ccccc5)nc(-c5ccccc5)n4)c32)c1[2H]. The third kappa shape index (κ3) is 4.33. The van der Waals surface area contributed by atoms with Crippen LogP contribution in [-0.2, 0) is 0 Å². The van der Waals surface area contributed by atoms with Crippen LogP contribution < -0.4 is 0 Å². The molecule has 0 N–H and O–H groups in total. The number of hydrogen-bond donors (Lipinski definition) is 0. The molecule has 5 heteroatoms. The molecule has 0 aliphatic heterocycles. The van der Waals surface area contributed by atoms with Gasteiger partial charge in [-0.15, -0.1) is 0 Å². The highest BCUT2D eigenvalue weighted by atomic mass is 16.3. The maximum Gasteiger partial charge on any atom is 0.164 e. The van der Waals surface area contributed by atoms with Crippen molar-refractivity contribution in [2.75, 3.05) is 0 Å². The van der Waals surface area contributed by atoms with E-state index in [0.29, 0.717) is 11.1 Å². The normalized spacial score (nSPS) is 16.7. The Morgan fingerprint density at radius 2 is 0.981 bits per heavy atom. The molecule has 0 fully saturated rings. The molecular weight excluding hydrogens is 637 g/mol. The Morgan fingerprint density at radius 3 is 1.58 bits per heavy atom. The molecule has 0 radical (unpaired) electrons. The number of furan rings is 1. The smallest absolute Gasteiger partial charge is 0.164 e. The van der Waals surface area contributed by atoms with Gasteiger partial charge in [-0.05, 0) is 45.7 Å². The third-order valence-electron chi connectivity index (χ3n) is 8.86. The predicted octanol–water partition coefficient (Wildman–Crippen LogP) is 12.2. The van der Waals surface area contributed by atoms with E-state index in [2.05, 4.69) is 0 Å². The molecule has 242 valence electrons. The summed E-state index contributed by atoms with van der Waals surface area (Å²) in [5, 5.41) is -2.75. The van der Waals surface area contributed by atoms with Crippen molar-refractivity contribution in [2.45, 2.75) is 0 Å². The summed E-state index contributed by atoms with van der Waals surface area (Å²) in [5.74, 6) is -0.0692. The summed E-state index contributed by atoms with van der Waals surface area (Å²) in [5.41, 5.74) is -1.64. The predicted molar refractivity (Wildman–Crippen MR) is 213 cm³/mol. The summed E-state index contributed by atoms with van der Waals surface area (Å²) < 4.78 is 172. The Balaban J connectivity index is 1.46. The van der Waals surface area contributed by atoms with Crippen LogP contribution in [0, 0.1) is 0 Å². The second-order valence-electron chi connectivity index (χ2n) is 11.8. The van der Waals surface area contributed by atoms with Crippen molar-refractivity contribution in [1.29, 1.82) is 0 Å². The lowest BCUT2D eigenvalue weighted by molar-refractivity contribution is 0.668. The summed E-state index contributed by atoms with van der Waals surface area (Å²) in [4.78, 5) is 14.4. The number of benzene rings is 8. The van der Waals surface area contributed by atoms with Gasteiger partial charge in [-0.3, -0.25) is 0 Å². The lowest BCUT2D eigenvalue weighted by atomic mass is 10.00. The zero-order valence-electron chi connectivity index (χ0n) is 44.5. The Labute approximate surface area is 323 Å². The number of nitrogens with zero attached hydrogens (tertiary/aromatic N) is 4. The first-order valence-electron chi connectivity index (χ1n) is 25.0. The summed E-state index contributed by atoms with van der Waals surface area (Å²) in [7, 11) is 0. The lowest BCUT2D eigenvalue weighted by Gasteiger charge is -2.13. The van der Waals surface area contributed by atoms with Crippen LogP contribution in [0.1, 0.15) is 24.7 Å². The van der Waals surface area contributed by atoms with E-state index in [0.717, 1.165) is 4.57 Å². The maximum absolute atomic E-state index is 10.3. The zero-order chi connectivity index (χ0) is 49.8. The van der Waals surface area contributed by atoms with E-state index in [9.17, 15) is 11.0 Å². The van der Waals surface area contributed by atoms with Crippen molar-refractivity contribution in [3.8, 4) is 39.9 Å². The van der Waals surface area contributed by atoms with E-state index >= 15 is 0 Å². The number of aromatic nitrogens is 4. The Hall–Kier alpha value is -7.11. The fraction of sp³-hybridized carbons (Fsp3) is 0. The van der Waals surface area contributed by atoms with Crippen LogP contribution in [0.2, 0.25) is 0 Å². The van der Waals surface area contributed by atoms with Gasteiger partial charge in [0.05, 0.1) is 41.4 Å². The number of hydrogen-bond acceptors (Lipinski definition) is 4. The summed E-state index contributed by atoms with van der Waals surface area (Å²) in [6.45, 7) is 0. The van der Waals surface area contributed by atoms with Gasteiger partial charge >= 0.3 is 0 Å². The molecule has 5 nitrogen and oxygen atoms in total. The van der Waals surface area contributed by atoms with E-state index in [1.807, 2.05) is 0 Å². The van der Waals surface area contributed by atoms with Crippen LogP contribution in [0.25, 0.3) is 105 Å². The molecule has 3 heterocycles.